The molecule has 0 aromatic carbocycles. The van der Waals surface area contributed by atoms with Crippen LogP contribution < -0.4 is 5.32 Å². The third-order valence-corrected chi connectivity index (χ3v) is 3.88. The fourth-order valence-electron chi connectivity index (χ4n) is 2.12. The van der Waals surface area contributed by atoms with Crippen molar-refractivity contribution >= 4 is 0 Å². The zero-order chi connectivity index (χ0) is 12.0. The molecule has 94 valence electrons. The van der Waals surface area contributed by atoms with E-state index in [1.54, 1.807) is 0 Å². The van der Waals surface area contributed by atoms with Gasteiger partial charge in [-0.2, -0.15) is 0 Å². The van der Waals surface area contributed by atoms with Crippen LogP contribution in [0.15, 0.2) is 12.7 Å². The van der Waals surface area contributed by atoms with Crippen LogP contribution in [-0.2, 0) is 0 Å². The molecule has 0 heterocycles. The fraction of sp³-hybridized carbons (Fsp3) is 0.857. The van der Waals surface area contributed by atoms with E-state index in [-0.39, 0.29) is 0 Å². The summed E-state index contributed by atoms with van der Waals surface area (Å²) < 4.78 is 0. The fourth-order valence-corrected chi connectivity index (χ4v) is 2.12. The van der Waals surface area contributed by atoms with Crippen molar-refractivity contribution in [2.45, 2.75) is 64.0 Å². The van der Waals surface area contributed by atoms with E-state index in [1.807, 2.05) is 6.08 Å². The van der Waals surface area contributed by atoms with Crippen molar-refractivity contribution in [2.24, 2.45) is 5.92 Å². The number of aliphatic hydroxyl groups is 1. The minimum Gasteiger partial charge on any atom is -0.389 e. The monoisotopic (exact) mass is 225 g/mol. The summed E-state index contributed by atoms with van der Waals surface area (Å²) in [6, 6.07) is 0.586. The molecule has 1 unspecified atom stereocenters. The minimum absolute atomic E-state index is 0.513. The van der Waals surface area contributed by atoms with Crippen molar-refractivity contribution in [1.29, 1.82) is 0 Å². The summed E-state index contributed by atoms with van der Waals surface area (Å²) in [5.41, 5.74) is -0.513. The molecular weight excluding hydrogens is 198 g/mol. The first-order valence-corrected chi connectivity index (χ1v) is 6.72. The van der Waals surface area contributed by atoms with Crippen LogP contribution in [0, 0.1) is 5.92 Å². The molecule has 0 saturated heterocycles. The van der Waals surface area contributed by atoms with Gasteiger partial charge in [-0.1, -0.05) is 19.9 Å². The number of nitrogens with one attached hydrogen (secondary N) is 1. The summed E-state index contributed by atoms with van der Waals surface area (Å²) in [5.74, 6) is 0.845. The average molecular weight is 225 g/mol. The maximum Gasteiger partial charge on any atom is 0.0766 e. The van der Waals surface area contributed by atoms with Crippen LogP contribution in [0.5, 0.6) is 0 Å². The summed E-state index contributed by atoms with van der Waals surface area (Å²) in [5, 5.41) is 13.8. The highest BCUT2D eigenvalue weighted by Gasteiger charge is 2.32. The Kier molecular flexibility index (Phi) is 5.50. The zero-order valence-electron chi connectivity index (χ0n) is 10.8. The third kappa shape index (κ3) is 4.26. The highest BCUT2D eigenvalue weighted by Crippen LogP contribution is 2.34. The van der Waals surface area contributed by atoms with Crippen molar-refractivity contribution in [3.63, 3.8) is 0 Å². The second kappa shape index (κ2) is 6.41. The van der Waals surface area contributed by atoms with Crippen LogP contribution in [0.3, 0.4) is 0 Å². The molecule has 1 aliphatic rings. The second-order valence-corrected chi connectivity index (χ2v) is 5.12. The van der Waals surface area contributed by atoms with Gasteiger partial charge < -0.3 is 10.4 Å². The Morgan fingerprint density at radius 1 is 1.44 bits per heavy atom. The lowest BCUT2D eigenvalue weighted by Crippen LogP contribution is -2.44. The van der Waals surface area contributed by atoms with E-state index in [0.29, 0.717) is 6.04 Å². The van der Waals surface area contributed by atoms with Gasteiger partial charge in [-0.05, 0) is 44.4 Å². The molecule has 1 atom stereocenters. The topological polar surface area (TPSA) is 32.3 Å². The molecule has 1 rings (SSSR count). The summed E-state index contributed by atoms with van der Waals surface area (Å²) in [6.07, 6.45) is 8.59. The molecule has 2 nitrogen and oxygen atoms in total. The zero-order valence-corrected chi connectivity index (χ0v) is 10.8. The lowest BCUT2D eigenvalue weighted by atomic mass is 9.96. The van der Waals surface area contributed by atoms with E-state index in [9.17, 15) is 5.11 Å². The summed E-state index contributed by atoms with van der Waals surface area (Å²) in [7, 11) is 0. The first-order valence-electron chi connectivity index (χ1n) is 6.72. The van der Waals surface area contributed by atoms with E-state index in [4.69, 9.17) is 0 Å². The largest absolute Gasteiger partial charge is 0.389 e. The van der Waals surface area contributed by atoms with Gasteiger partial charge in [0.2, 0.25) is 0 Å². The van der Waals surface area contributed by atoms with Crippen molar-refractivity contribution in [2.75, 3.05) is 6.54 Å². The van der Waals surface area contributed by atoms with Gasteiger partial charge in [0.05, 0.1) is 5.60 Å². The van der Waals surface area contributed by atoms with Crippen molar-refractivity contribution in [3.05, 3.63) is 12.7 Å². The van der Waals surface area contributed by atoms with E-state index in [0.717, 1.165) is 38.1 Å². The Morgan fingerprint density at radius 2 is 2.06 bits per heavy atom. The van der Waals surface area contributed by atoms with Gasteiger partial charge in [0.25, 0.3) is 0 Å². The number of rotatable bonds is 9. The standard InChI is InChI=1S/C14H27NO/c1-4-7-8-13(12-9-10-12)15-11-14(16,5-2)6-3/h4,12-13,15-16H,1,5-11H2,2-3H3. The Bertz CT molecular complexity index is 207. The Balaban J connectivity index is 2.33. The molecule has 1 fully saturated rings. The SMILES string of the molecule is C=CCCC(NCC(O)(CC)CC)C1CC1. The molecule has 1 aliphatic carbocycles. The van der Waals surface area contributed by atoms with Crippen molar-refractivity contribution < 1.29 is 5.11 Å². The molecule has 0 aromatic rings. The Labute approximate surface area is 100 Å². The van der Waals surface area contributed by atoms with Crippen LogP contribution in [0.4, 0.5) is 0 Å². The van der Waals surface area contributed by atoms with Gasteiger partial charge in [-0.3, -0.25) is 0 Å². The molecule has 0 aliphatic heterocycles. The van der Waals surface area contributed by atoms with Gasteiger partial charge in [-0.15, -0.1) is 6.58 Å². The minimum atomic E-state index is -0.513. The second-order valence-electron chi connectivity index (χ2n) is 5.12. The summed E-state index contributed by atoms with van der Waals surface area (Å²) in [4.78, 5) is 0. The molecule has 0 spiro atoms. The molecule has 16 heavy (non-hydrogen) atoms. The first kappa shape index (κ1) is 13.7. The molecule has 2 heteroatoms. The van der Waals surface area contributed by atoms with Gasteiger partial charge in [0.15, 0.2) is 0 Å². The van der Waals surface area contributed by atoms with Gasteiger partial charge >= 0.3 is 0 Å². The molecule has 2 N–H and O–H groups in total. The molecule has 1 saturated carbocycles. The molecule has 0 aromatic heterocycles. The molecular formula is C14H27NO. The number of hydrogen-bond acceptors (Lipinski definition) is 2. The van der Waals surface area contributed by atoms with Crippen molar-refractivity contribution in [3.8, 4) is 0 Å². The van der Waals surface area contributed by atoms with Gasteiger partial charge in [0.1, 0.15) is 0 Å². The average Bonchev–Trinajstić information content (AvgIpc) is 3.13. The van der Waals surface area contributed by atoms with Gasteiger partial charge in [-0.25, -0.2) is 0 Å². The summed E-state index contributed by atoms with van der Waals surface area (Å²) >= 11 is 0. The maximum absolute atomic E-state index is 10.2. The van der Waals surface area contributed by atoms with E-state index < -0.39 is 5.60 Å². The molecule has 0 amide bonds. The van der Waals surface area contributed by atoms with Crippen LogP contribution >= 0.6 is 0 Å². The van der Waals surface area contributed by atoms with E-state index in [1.165, 1.54) is 12.8 Å². The molecule has 0 radical (unpaired) electrons. The lowest BCUT2D eigenvalue weighted by Gasteiger charge is -2.29. The van der Waals surface area contributed by atoms with E-state index >= 15 is 0 Å². The highest BCUT2D eigenvalue weighted by atomic mass is 16.3. The highest BCUT2D eigenvalue weighted by molar-refractivity contribution is 4.90. The van der Waals surface area contributed by atoms with Crippen molar-refractivity contribution in [1.82, 2.24) is 5.32 Å². The smallest absolute Gasteiger partial charge is 0.0766 e. The lowest BCUT2D eigenvalue weighted by molar-refractivity contribution is 0.0289. The maximum atomic E-state index is 10.2. The number of hydrogen-bond donors (Lipinski definition) is 2. The Morgan fingerprint density at radius 3 is 2.50 bits per heavy atom. The predicted octanol–water partition coefficient (Wildman–Crippen LogP) is 2.87. The number of allylic oxidation sites excluding steroid dienone is 1. The summed E-state index contributed by atoms with van der Waals surface area (Å²) in [6.45, 7) is 8.62. The quantitative estimate of drug-likeness (QED) is 0.591. The van der Waals surface area contributed by atoms with Crippen LogP contribution in [0.2, 0.25) is 0 Å². The third-order valence-electron chi connectivity index (χ3n) is 3.88. The van der Waals surface area contributed by atoms with E-state index in [2.05, 4.69) is 25.7 Å². The van der Waals surface area contributed by atoms with Crippen LogP contribution in [0.1, 0.15) is 52.4 Å². The van der Waals surface area contributed by atoms with Crippen LogP contribution in [-0.4, -0.2) is 23.3 Å². The Hall–Kier alpha value is -0.340. The first-order chi connectivity index (χ1) is 7.65. The van der Waals surface area contributed by atoms with Crippen LogP contribution in [0.25, 0.3) is 0 Å². The normalized spacial score (nSPS) is 18.4. The predicted molar refractivity (Wildman–Crippen MR) is 69.5 cm³/mol. The molecule has 0 bridgehead atoms. The van der Waals surface area contributed by atoms with Gasteiger partial charge in [0, 0.05) is 12.6 Å².